The standard InChI is InChI=1S/C9H13NO2/c1-3-12-9(11)10-6(2)7-4-5-8(7)10/h4-8H,3H2,1-2H3/t6-,7+,8+/m1/s1. The van der Waals surface area contributed by atoms with E-state index in [9.17, 15) is 4.79 Å². The largest absolute Gasteiger partial charge is 0.450 e. The van der Waals surface area contributed by atoms with Crippen molar-refractivity contribution in [1.82, 2.24) is 4.90 Å². The van der Waals surface area contributed by atoms with Crippen molar-refractivity contribution in [1.29, 1.82) is 0 Å². The first-order valence-electron chi connectivity index (χ1n) is 4.39. The van der Waals surface area contributed by atoms with Crippen LogP contribution in [0.25, 0.3) is 0 Å². The number of carbonyl (C=O) groups excluding carboxylic acids is 1. The number of nitrogens with zero attached hydrogens (tertiary/aromatic N) is 1. The summed E-state index contributed by atoms with van der Waals surface area (Å²) in [7, 11) is 0. The van der Waals surface area contributed by atoms with Gasteiger partial charge in [0.05, 0.1) is 12.6 Å². The Morgan fingerprint density at radius 1 is 1.58 bits per heavy atom. The average molecular weight is 167 g/mol. The molecule has 2 aliphatic rings. The Bertz CT molecular complexity index is 237. The second kappa shape index (κ2) is 2.51. The zero-order valence-electron chi connectivity index (χ0n) is 7.36. The number of rotatable bonds is 1. The molecule has 3 nitrogen and oxygen atoms in total. The molecule has 1 heterocycles. The minimum atomic E-state index is -0.171. The van der Waals surface area contributed by atoms with E-state index >= 15 is 0 Å². The molecule has 0 aromatic carbocycles. The van der Waals surface area contributed by atoms with Gasteiger partial charge in [0.15, 0.2) is 0 Å². The molecule has 1 aliphatic heterocycles. The average Bonchev–Trinajstić information content (AvgIpc) is 1.98. The Kier molecular flexibility index (Phi) is 1.60. The highest BCUT2D eigenvalue weighted by atomic mass is 16.6. The predicted octanol–water partition coefficient (Wildman–Crippen LogP) is 1.40. The van der Waals surface area contributed by atoms with E-state index in [-0.39, 0.29) is 6.09 Å². The van der Waals surface area contributed by atoms with Gasteiger partial charge in [0.2, 0.25) is 0 Å². The molecule has 0 aromatic rings. The molecular formula is C9H13NO2. The van der Waals surface area contributed by atoms with Crippen LogP contribution in [-0.2, 0) is 4.74 Å². The second-order valence-corrected chi connectivity index (χ2v) is 3.30. The third kappa shape index (κ3) is 0.792. The summed E-state index contributed by atoms with van der Waals surface area (Å²) in [5.74, 6) is 0.592. The number of carbonyl (C=O) groups is 1. The van der Waals surface area contributed by atoms with Gasteiger partial charge in [-0.2, -0.15) is 0 Å². The summed E-state index contributed by atoms with van der Waals surface area (Å²) in [5.41, 5.74) is 0. The molecule has 0 N–H and O–H groups in total. The van der Waals surface area contributed by atoms with Gasteiger partial charge in [-0.05, 0) is 13.8 Å². The Morgan fingerprint density at radius 3 is 2.75 bits per heavy atom. The predicted molar refractivity (Wildman–Crippen MR) is 44.7 cm³/mol. The van der Waals surface area contributed by atoms with Gasteiger partial charge in [0.25, 0.3) is 0 Å². The fourth-order valence-electron chi connectivity index (χ4n) is 1.90. The van der Waals surface area contributed by atoms with Gasteiger partial charge in [-0.1, -0.05) is 12.2 Å². The molecule has 1 amide bonds. The number of amides is 1. The first kappa shape index (κ1) is 7.65. The Balaban J connectivity index is 1.97. The molecule has 2 rings (SSSR count). The molecule has 0 unspecified atom stereocenters. The number of likely N-dealkylation sites (tertiary alicyclic amines) is 1. The minimum absolute atomic E-state index is 0.171. The molecule has 0 bridgehead atoms. The Hall–Kier alpha value is -0.990. The van der Waals surface area contributed by atoms with E-state index < -0.39 is 0 Å². The fraction of sp³-hybridized carbons (Fsp3) is 0.667. The monoisotopic (exact) mass is 167 g/mol. The van der Waals surface area contributed by atoms with E-state index in [1.165, 1.54) is 0 Å². The first-order chi connectivity index (χ1) is 5.75. The lowest BCUT2D eigenvalue weighted by atomic mass is 9.73. The summed E-state index contributed by atoms with van der Waals surface area (Å²) < 4.78 is 4.92. The molecule has 1 saturated heterocycles. The third-order valence-corrected chi connectivity index (χ3v) is 2.72. The third-order valence-electron chi connectivity index (χ3n) is 2.72. The SMILES string of the molecule is CCOC(=O)N1[C@H](C)[C@@H]2C=C[C@@H]21. The highest BCUT2D eigenvalue weighted by molar-refractivity contribution is 5.71. The van der Waals surface area contributed by atoms with Gasteiger partial charge in [0.1, 0.15) is 0 Å². The summed E-state index contributed by atoms with van der Waals surface area (Å²) in [6.07, 6.45) is 4.04. The fourth-order valence-corrected chi connectivity index (χ4v) is 1.90. The van der Waals surface area contributed by atoms with Crippen LogP contribution in [-0.4, -0.2) is 29.7 Å². The van der Waals surface area contributed by atoms with Gasteiger partial charge in [0, 0.05) is 12.0 Å². The molecule has 0 aromatic heterocycles. The van der Waals surface area contributed by atoms with Gasteiger partial charge < -0.3 is 4.74 Å². The number of ether oxygens (including phenoxy) is 1. The van der Waals surface area contributed by atoms with Crippen LogP contribution in [0.1, 0.15) is 13.8 Å². The zero-order valence-corrected chi connectivity index (χ0v) is 7.36. The summed E-state index contributed by atoms with van der Waals surface area (Å²) in [5, 5.41) is 0. The number of hydrogen-bond donors (Lipinski definition) is 0. The topological polar surface area (TPSA) is 29.5 Å². The van der Waals surface area contributed by atoms with Crippen molar-refractivity contribution in [2.75, 3.05) is 6.61 Å². The molecule has 0 spiro atoms. The maximum absolute atomic E-state index is 11.3. The molecule has 1 fully saturated rings. The van der Waals surface area contributed by atoms with Crippen molar-refractivity contribution >= 4 is 6.09 Å². The van der Waals surface area contributed by atoms with Crippen LogP contribution in [0.4, 0.5) is 4.79 Å². The van der Waals surface area contributed by atoms with E-state index in [1.54, 1.807) is 4.90 Å². The Morgan fingerprint density at radius 2 is 2.33 bits per heavy atom. The van der Waals surface area contributed by atoms with E-state index in [0.717, 1.165) is 0 Å². The molecular weight excluding hydrogens is 154 g/mol. The van der Waals surface area contributed by atoms with Crippen LogP contribution in [0.2, 0.25) is 0 Å². The Labute approximate surface area is 72.0 Å². The number of hydrogen-bond acceptors (Lipinski definition) is 2. The molecule has 12 heavy (non-hydrogen) atoms. The first-order valence-corrected chi connectivity index (χ1v) is 4.39. The van der Waals surface area contributed by atoms with Gasteiger partial charge in [-0.15, -0.1) is 0 Å². The van der Waals surface area contributed by atoms with Crippen LogP contribution in [0.5, 0.6) is 0 Å². The van der Waals surface area contributed by atoms with Crippen LogP contribution in [0.15, 0.2) is 12.2 Å². The molecule has 3 heteroatoms. The van der Waals surface area contributed by atoms with Crippen molar-refractivity contribution in [3.05, 3.63) is 12.2 Å². The minimum Gasteiger partial charge on any atom is -0.450 e. The lowest BCUT2D eigenvalue weighted by Crippen LogP contribution is -2.66. The molecule has 66 valence electrons. The van der Waals surface area contributed by atoms with Crippen molar-refractivity contribution in [2.24, 2.45) is 5.92 Å². The number of fused-ring (bicyclic) bond motifs is 1. The van der Waals surface area contributed by atoms with Crippen molar-refractivity contribution in [2.45, 2.75) is 25.9 Å². The lowest BCUT2D eigenvalue weighted by molar-refractivity contribution is -0.0115. The quantitative estimate of drug-likeness (QED) is 0.552. The molecule has 3 atom stereocenters. The summed E-state index contributed by atoms with van der Waals surface area (Å²) in [6, 6.07) is 0.665. The molecule has 0 radical (unpaired) electrons. The van der Waals surface area contributed by atoms with Gasteiger partial charge in [-0.3, -0.25) is 4.90 Å². The van der Waals surface area contributed by atoms with E-state index in [4.69, 9.17) is 4.74 Å². The highest BCUT2D eigenvalue weighted by Gasteiger charge is 2.50. The summed E-state index contributed by atoms with van der Waals surface area (Å²) in [6.45, 7) is 4.35. The lowest BCUT2D eigenvalue weighted by Gasteiger charge is -2.55. The normalized spacial score (nSPS) is 36.5. The van der Waals surface area contributed by atoms with Crippen LogP contribution in [0.3, 0.4) is 0 Å². The summed E-state index contributed by atoms with van der Waals surface area (Å²) >= 11 is 0. The summed E-state index contributed by atoms with van der Waals surface area (Å²) in [4.78, 5) is 13.1. The maximum atomic E-state index is 11.3. The van der Waals surface area contributed by atoms with E-state index in [2.05, 4.69) is 19.1 Å². The molecule has 0 saturated carbocycles. The van der Waals surface area contributed by atoms with Crippen LogP contribution >= 0.6 is 0 Å². The maximum Gasteiger partial charge on any atom is 0.410 e. The smallest absolute Gasteiger partial charge is 0.410 e. The molecule has 1 aliphatic carbocycles. The van der Waals surface area contributed by atoms with Crippen molar-refractivity contribution in [3.63, 3.8) is 0 Å². The second-order valence-electron chi connectivity index (χ2n) is 3.30. The highest BCUT2D eigenvalue weighted by Crippen LogP contribution is 2.40. The van der Waals surface area contributed by atoms with Gasteiger partial charge in [-0.25, -0.2) is 4.79 Å². The van der Waals surface area contributed by atoms with Crippen molar-refractivity contribution < 1.29 is 9.53 Å². The van der Waals surface area contributed by atoms with E-state index in [0.29, 0.717) is 24.6 Å². The zero-order chi connectivity index (χ0) is 8.72. The van der Waals surface area contributed by atoms with Crippen molar-refractivity contribution in [3.8, 4) is 0 Å². The van der Waals surface area contributed by atoms with Crippen LogP contribution < -0.4 is 0 Å². The van der Waals surface area contributed by atoms with E-state index in [1.807, 2.05) is 6.92 Å². The van der Waals surface area contributed by atoms with Crippen LogP contribution in [0, 0.1) is 5.92 Å². The van der Waals surface area contributed by atoms with Gasteiger partial charge >= 0.3 is 6.09 Å².